The molecule has 3 aliphatic rings. The van der Waals surface area contributed by atoms with Gasteiger partial charge in [-0.25, -0.2) is 0 Å². The summed E-state index contributed by atoms with van der Waals surface area (Å²) in [5.41, 5.74) is 4.12. The Morgan fingerprint density at radius 1 is 1.07 bits per heavy atom. The molecule has 154 valence electrons. The van der Waals surface area contributed by atoms with Gasteiger partial charge in [0.2, 0.25) is 5.91 Å². The number of amides is 1. The monoisotopic (exact) mass is 420 g/mol. The van der Waals surface area contributed by atoms with E-state index in [2.05, 4.69) is 19.2 Å². The van der Waals surface area contributed by atoms with Crippen LogP contribution in [-0.4, -0.2) is 11.7 Å². The van der Waals surface area contributed by atoms with Crippen LogP contribution in [0.3, 0.4) is 0 Å². The molecule has 5 heteroatoms. The molecule has 4 nitrogen and oxygen atoms in total. The number of benzene rings is 2. The second-order valence-corrected chi connectivity index (χ2v) is 9.85. The zero-order valence-corrected chi connectivity index (χ0v) is 18.0. The molecule has 1 amide bonds. The van der Waals surface area contributed by atoms with Crippen LogP contribution >= 0.6 is 11.6 Å². The first-order valence-corrected chi connectivity index (χ1v) is 10.9. The van der Waals surface area contributed by atoms with Crippen LogP contribution in [0, 0.1) is 11.3 Å². The quantitative estimate of drug-likeness (QED) is 0.658. The third-order valence-electron chi connectivity index (χ3n) is 6.25. The minimum absolute atomic E-state index is 0.0325. The lowest BCUT2D eigenvalue weighted by molar-refractivity contribution is -0.120. The van der Waals surface area contributed by atoms with Crippen LogP contribution in [0.25, 0.3) is 0 Å². The summed E-state index contributed by atoms with van der Waals surface area (Å²) < 4.78 is 0. The van der Waals surface area contributed by atoms with Crippen molar-refractivity contribution < 1.29 is 9.59 Å². The lowest BCUT2D eigenvalue weighted by atomic mass is 9.73. The Balaban J connectivity index is 1.77. The number of para-hydroxylation sites is 2. The van der Waals surface area contributed by atoms with Crippen molar-refractivity contribution in [3.63, 3.8) is 0 Å². The third kappa shape index (κ3) is 3.33. The van der Waals surface area contributed by atoms with Gasteiger partial charge in [0, 0.05) is 28.6 Å². The first-order valence-electron chi connectivity index (χ1n) is 10.5. The van der Waals surface area contributed by atoms with Gasteiger partial charge in [0.05, 0.1) is 17.4 Å². The van der Waals surface area contributed by atoms with Crippen LogP contribution in [-0.2, 0) is 9.59 Å². The van der Waals surface area contributed by atoms with Gasteiger partial charge in [-0.1, -0.05) is 49.7 Å². The largest absolute Gasteiger partial charge is 0.357 e. The standard InChI is InChI=1S/C25H25ClN2O2/c1-25(2)13-19-22(21(29)14-25)23(15-9-11-17(26)12-10-15)28(24(30)16-7-8-16)20-6-4-3-5-18(20)27-19/h3-6,9-12,16,23,27H,7-8,13-14H2,1-2H3/t23-/m0/s1. The van der Waals surface area contributed by atoms with E-state index in [-0.39, 0.29) is 23.0 Å². The Morgan fingerprint density at radius 2 is 1.77 bits per heavy atom. The average molecular weight is 421 g/mol. The van der Waals surface area contributed by atoms with Gasteiger partial charge in [0.15, 0.2) is 5.78 Å². The number of nitrogens with zero attached hydrogens (tertiary/aromatic N) is 1. The second kappa shape index (κ2) is 6.98. The first kappa shape index (κ1) is 19.4. The summed E-state index contributed by atoms with van der Waals surface area (Å²) in [5, 5.41) is 4.18. The fourth-order valence-electron chi connectivity index (χ4n) is 4.72. The van der Waals surface area contributed by atoms with Crippen molar-refractivity contribution in [3.05, 3.63) is 70.4 Å². The highest BCUT2D eigenvalue weighted by molar-refractivity contribution is 6.30. The Morgan fingerprint density at radius 3 is 2.47 bits per heavy atom. The molecule has 0 unspecified atom stereocenters. The topological polar surface area (TPSA) is 49.4 Å². The average Bonchev–Trinajstić information content (AvgIpc) is 3.53. The maximum atomic E-state index is 13.6. The molecule has 1 heterocycles. The van der Waals surface area contributed by atoms with Crippen molar-refractivity contribution in [3.8, 4) is 0 Å². The lowest BCUT2D eigenvalue weighted by Crippen LogP contribution is -2.40. The maximum absolute atomic E-state index is 13.6. The molecule has 5 rings (SSSR count). The van der Waals surface area contributed by atoms with Crippen LogP contribution in [0.15, 0.2) is 59.8 Å². The number of fused-ring (bicyclic) bond motifs is 1. The highest BCUT2D eigenvalue weighted by Gasteiger charge is 2.45. The number of carbonyl (C=O) groups is 2. The SMILES string of the molecule is CC1(C)CC(=O)C2=C(C1)Nc1ccccc1N(C(=O)C1CC1)[C@H]2c1ccc(Cl)cc1. The number of Topliss-reactive ketones (excluding diaryl/α,β-unsaturated/α-hetero) is 1. The number of carbonyl (C=O) groups excluding carboxylic acids is 2. The van der Waals surface area contributed by atoms with E-state index in [1.807, 2.05) is 53.4 Å². The van der Waals surface area contributed by atoms with E-state index in [4.69, 9.17) is 11.6 Å². The van der Waals surface area contributed by atoms with Gasteiger partial charge in [-0.3, -0.25) is 14.5 Å². The summed E-state index contributed by atoms with van der Waals surface area (Å²) in [4.78, 5) is 28.9. The molecular weight excluding hydrogens is 396 g/mol. The molecule has 0 saturated heterocycles. The van der Waals surface area contributed by atoms with E-state index in [0.29, 0.717) is 17.0 Å². The highest BCUT2D eigenvalue weighted by atomic mass is 35.5. The smallest absolute Gasteiger partial charge is 0.231 e. The van der Waals surface area contributed by atoms with Crippen molar-refractivity contribution >= 4 is 34.7 Å². The maximum Gasteiger partial charge on any atom is 0.231 e. The number of rotatable bonds is 2. The number of anilines is 2. The van der Waals surface area contributed by atoms with E-state index in [1.54, 1.807) is 0 Å². The van der Waals surface area contributed by atoms with E-state index in [0.717, 1.165) is 41.9 Å². The molecule has 1 saturated carbocycles. The van der Waals surface area contributed by atoms with E-state index >= 15 is 0 Å². The molecule has 0 bridgehead atoms. The number of nitrogens with one attached hydrogen (secondary N) is 1. The molecule has 0 aromatic heterocycles. The van der Waals surface area contributed by atoms with E-state index < -0.39 is 6.04 Å². The summed E-state index contributed by atoms with van der Waals surface area (Å²) in [6, 6.07) is 15.0. The Hall–Kier alpha value is -2.59. The van der Waals surface area contributed by atoms with Crippen LogP contribution in [0.1, 0.15) is 51.1 Å². The van der Waals surface area contributed by atoms with Gasteiger partial charge in [-0.15, -0.1) is 0 Å². The number of hydrogen-bond donors (Lipinski definition) is 1. The van der Waals surface area contributed by atoms with Gasteiger partial charge in [0.1, 0.15) is 0 Å². The van der Waals surface area contributed by atoms with Crippen molar-refractivity contribution in [2.45, 2.75) is 45.6 Å². The number of halogens is 1. The van der Waals surface area contributed by atoms with Crippen molar-refractivity contribution in [1.82, 2.24) is 0 Å². The Bertz CT molecular complexity index is 1070. The predicted octanol–water partition coefficient (Wildman–Crippen LogP) is 5.89. The minimum Gasteiger partial charge on any atom is -0.357 e. The summed E-state index contributed by atoms with van der Waals surface area (Å²) in [7, 11) is 0. The molecule has 2 aliphatic carbocycles. The summed E-state index contributed by atoms with van der Waals surface area (Å²) >= 11 is 6.15. The van der Waals surface area contributed by atoms with Crippen molar-refractivity contribution in [2.75, 3.05) is 10.2 Å². The van der Waals surface area contributed by atoms with Crippen LogP contribution in [0.2, 0.25) is 5.02 Å². The van der Waals surface area contributed by atoms with E-state index in [1.165, 1.54) is 0 Å². The normalized spacial score (nSPS) is 22.7. The molecule has 1 aliphatic heterocycles. The zero-order chi connectivity index (χ0) is 21.0. The predicted molar refractivity (Wildman–Crippen MR) is 120 cm³/mol. The molecule has 0 spiro atoms. The van der Waals surface area contributed by atoms with Crippen molar-refractivity contribution in [1.29, 1.82) is 0 Å². The molecule has 30 heavy (non-hydrogen) atoms. The van der Waals surface area contributed by atoms with Gasteiger partial charge in [-0.05, 0) is 54.5 Å². The third-order valence-corrected chi connectivity index (χ3v) is 6.50. The van der Waals surface area contributed by atoms with Gasteiger partial charge in [0.25, 0.3) is 0 Å². The fraction of sp³-hybridized carbons (Fsp3) is 0.360. The van der Waals surface area contributed by atoms with Crippen LogP contribution in [0.4, 0.5) is 11.4 Å². The summed E-state index contributed by atoms with van der Waals surface area (Å²) in [6.07, 6.45) is 3.05. The zero-order valence-electron chi connectivity index (χ0n) is 17.2. The van der Waals surface area contributed by atoms with E-state index in [9.17, 15) is 9.59 Å². The number of hydrogen-bond acceptors (Lipinski definition) is 3. The molecule has 1 N–H and O–H groups in total. The Labute approximate surface area is 181 Å². The van der Waals surface area contributed by atoms with Gasteiger partial charge < -0.3 is 5.32 Å². The molecular formula is C25H25ClN2O2. The van der Waals surface area contributed by atoms with Crippen molar-refractivity contribution in [2.24, 2.45) is 11.3 Å². The molecule has 0 radical (unpaired) electrons. The lowest BCUT2D eigenvalue weighted by Gasteiger charge is -2.37. The summed E-state index contributed by atoms with van der Waals surface area (Å²) in [6.45, 7) is 4.25. The van der Waals surface area contributed by atoms with Crippen LogP contribution < -0.4 is 10.2 Å². The minimum atomic E-state index is -0.454. The molecule has 1 atom stereocenters. The fourth-order valence-corrected chi connectivity index (χ4v) is 4.84. The Kier molecular flexibility index (Phi) is 4.51. The first-order chi connectivity index (χ1) is 14.3. The molecule has 2 aromatic rings. The molecule has 1 fully saturated rings. The second-order valence-electron chi connectivity index (χ2n) is 9.41. The van der Waals surface area contributed by atoms with Crippen LogP contribution in [0.5, 0.6) is 0 Å². The highest BCUT2D eigenvalue weighted by Crippen LogP contribution is 2.49. The number of ketones is 1. The number of allylic oxidation sites excluding steroid dienone is 1. The molecule has 2 aromatic carbocycles. The van der Waals surface area contributed by atoms with Gasteiger partial charge in [-0.2, -0.15) is 0 Å². The summed E-state index contributed by atoms with van der Waals surface area (Å²) in [5.74, 6) is 0.232. The van der Waals surface area contributed by atoms with Gasteiger partial charge >= 0.3 is 0 Å².